The van der Waals surface area contributed by atoms with E-state index < -0.39 is 0 Å². The molecule has 6 nitrogen and oxygen atoms in total. The number of carbonyl (C=O) groups excluding carboxylic acids is 1. The van der Waals surface area contributed by atoms with Crippen LogP contribution in [-0.2, 0) is 0 Å². The summed E-state index contributed by atoms with van der Waals surface area (Å²) in [6.07, 6.45) is 1.98. The summed E-state index contributed by atoms with van der Waals surface area (Å²) in [6.45, 7) is 0.348. The Morgan fingerprint density at radius 2 is 1.61 bits per heavy atom. The molecule has 33 heavy (non-hydrogen) atoms. The Morgan fingerprint density at radius 1 is 0.939 bits per heavy atom. The molecule has 0 saturated carbocycles. The Morgan fingerprint density at radius 3 is 2.27 bits per heavy atom. The Kier molecular flexibility index (Phi) is 6.75. The number of amides is 1. The Labute approximate surface area is 197 Å². The van der Waals surface area contributed by atoms with Crippen molar-refractivity contribution in [1.82, 2.24) is 10.3 Å². The van der Waals surface area contributed by atoms with Crippen LogP contribution in [0.3, 0.4) is 0 Å². The Bertz CT molecular complexity index is 1260. The molecule has 0 aliphatic heterocycles. The van der Waals surface area contributed by atoms with Gasteiger partial charge >= 0.3 is 0 Å². The van der Waals surface area contributed by atoms with Crippen molar-refractivity contribution in [1.29, 1.82) is 0 Å². The number of ether oxygens (including phenoxy) is 3. The minimum absolute atomic E-state index is 0.152. The van der Waals surface area contributed by atoms with Gasteiger partial charge in [0.2, 0.25) is 5.75 Å². The molecule has 0 aliphatic carbocycles. The van der Waals surface area contributed by atoms with Gasteiger partial charge in [-0.2, -0.15) is 0 Å². The molecule has 4 rings (SSSR count). The number of hydrogen-bond donors (Lipinski definition) is 2. The van der Waals surface area contributed by atoms with Gasteiger partial charge in [0.1, 0.15) is 0 Å². The third kappa shape index (κ3) is 4.47. The van der Waals surface area contributed by atoms with Gasteiger partial charge in [-0.25, -0.2) is 0 Å². The molecule has 1 heterocycles. The highest BCUT2D eigenvalue weighted by Gasteiger charge is 2.23. The summed E-state index contributed by atoms with van der Waals surface area (Å²) in [6, 6.07) is 19.0. The second-order valence-corrected chi connectivity index (χ2v) is 7.89. The number of nitrogens with one attached hydrogen (secondary N) is 2. The number of fused-ring (bicyclic) bond motifs is 1. The van der Waals surface area contributed by atoms with E-state index in [4.69, 9.17) is 25.8 Å². The van der Waals surface area contributed by atoms with E-state index in [9.17, 15) is 4.79 Å². The van der Waals surface area contributed by atoms with Crippen molar-refractivity contribution >= 4 is 28.4 Å². The average molecular weight is 465 g/mol. The summed E-state index contributed by atoms with van der Waals surface area (Å²) in [5.41, 5.74) is 3.43. The predicted molar refractivity (Wildman–Crippen MR) is 130 cm³/mol. The topological polar surface area (TPSA) is 72.6 Å². The van der Waals surface area contributed by atoms with Crippen LogP contribution in [0.1, 0.15) is 27.4 Å². The van der Waals surface area contributed by atoms with Crippen LogP contribution in [-0.4, -0.2) is 38.8 Å². The third-order valence-corrected chi connectivity index (χ3v) is 6.02. The maximum atomic E-state index is 13.1. The molecule has 3 aromatic carbocycles. The number of hydrogen-bond acceptors (Lipinski definition) is 4. The zero-order chi connectivity index (χ0) is 23.4. The predicted octanol–water partition coefficient (Wildman–Crippen LogP) is 5.41. The molecule has 0 spiro atoms. The molecule has 0 unspecified atom stereocenters. The number of H-pyrrole nitrogens is 1. The van der Waals surface area contributed by atoms with E-state index in [2.05, 4.69) is 16.4 Å². The lowest BCUT2D eigenvalue weighted by atomic mass is 9.90. The maximum Gasteiger partial charge on any atom is 0.251 e. The lowest BCUT2D eigenvalue weighted by Crippen LogP contribution is -2.29. The zero-order valence-corrected chi connectivity index (χ0v) is 19.4. The van der Waals surface area contributed by atoms with E-state index in [1.807, 2.05) is 48.7 Å². The maximum absolute atomic E-state index is 13.1. The van der Waals surface area contributed by atoms with Crippen molar-refractivity contribution in [3.05, 3.63) is 88.6 Å². The summed E-state index contributed by atoms with van der Waals surface area (Å²) in [5, 5.41) is 4.79. The Balaban J connectivity index is 1.67. The average Bonchev–Trinajstić information content (AvgIpc) is 3.28. The van der Waals surface area contributed by atoms with Crippen molar-refractivity contribution in [3.8, 4) is 17.2 Å². The van der Waals surface area contributed by atoms with E-state index in [0.717, 1.165) is 22.0 Å². The highest BCUT2D eigenvalue weighted by molar-refractivity contribution is 6.31. The number of carbonyl (C=O) groups is 1. The number of aromatic amines is 1. The molecule has 1 amide bonds. The number of halogens is 1. The van der Waals surface area contributed by atoms with Crippen molar-refractivity contribution in [2.45, 2.75) is 5.92 Å². The summed E-state index contributed by atoms with van der Waals surface area (Å²) in [5.74, 6) is 0.860. The fourth-order valence-corrected chi connectivity index (χ4v) is 4.30. The first-order valence-corrected chi connectivity index (χ1v) is 10.8. The van der Waals surface area contributed by atoms with Crippen molar-refractivity contribution in [2.75, 3.05) is 27.9 Å². The first kappa shape index (κ1) is 22.6. The molecule has 0 aliphatic rings. The van der Waals surface area contributed by atoms with Crippen LogP contribution >= 0.6 is 11.6 Å². The smallest absolute Gasteiger partial charge is 0.251 e. The molecular weight excluding hydrogens is 440 g/mol. The monoisotopic (exact) mass is 464 g/mol. The minimum atomic E-state index is -0.258. The molecule has 1 atom stereocenters. The van der Waals surface area contributed by atoms with Crippen molar-refractivity contribution in [2.24, 2.45) is 0 Å². The van der Waals surface area contributed by atoms with Gasteiger partial charge in [-0.15, -0.1) is 0 Å². The van der Waals surface area contributed by atoms with Crippen molar-refractivity contribution < 1.29 is 19.0 Å². The van der Waals surface area contributed by atoms with Crippen LogP contribution in [0.15, 0.2) is 66.9 Å². The van der Waals surface area contributed by atoms with Gasteiger partial charge in [0.25, 0.3) is 5.91 Å². The fraction of sp³-hybridized carbons (Fsp3) is 0.192. The summed E-state index contributed by atoms with van der Waals surface area (Å²) in [4.78, 5) is 16.4. The van der Waals surface area contributed by atoms with E-state index in [1.165, 1.54) is 21.3 Å². The molecule has 0 bridgehead atoms. The van der Waals surface area contributed by atoms with Crippen LogP contribution < -0.4 is 19.5 Å². The molecule has 4 aromatic rings. The number of benzene rings is 3. The van der Waals surface area contributed by atoms with Gasteiger partial charge < -0.3 is 24.5 Å². The lowest BCUT2D eigenvalue weighted by molar-refractivity contribution is 0.0951. The molecule has 0 saturated heterocycles. The number of para-hydroxylation sites is 1. The first-order valence-electron chi connectivity index (χ1n) is 10.5. The second kappa shape index (κ2) is 9.88. The van der Waals surface area contributed by atoms with E-state index in [-0.39, 0.29) is 11.8 Å². The van der Waals surface area contributed by atoms with Gasteiger partial charge in [-0.05, 0) is 35.4 Å². The van der Waals surface area contributed by atoms with Crippen molar-refractivity contribution in [3.63, 3.8) is 0 Å². The van der Waals surface area contributed by atoms with Crippen LogP contribution in [0.25, 0.3) is 10.9 Å². The summed E-state index contributed by atoms with van der Waals surface area (Å²) in [7, 11) is 4.56. The standard InChI is InChI=1S/C26H25ClN2O4/c1-31-23-12-16(13-24(32-2)25(23)33-3)26(30)29-15-19(17-8-4-6-10-21(17)27)20-14-28-22-11-7-5-9-18(20)22/h4-14,19,28H,15H2,1-3H3,(H,29,30)/t19-/m1/s1. The van der Waals surface area contributed by atoms with Gasteiger partial charge in [-0.1, -0.05) is 48.0 Å². The fourth-order valence-electron chi connectivity index (χ4n) is 4.04. The largest absolute Gasteiger partial charge is 0.493 e. The first-order chi connectivity index (χ1) is 16.1. The third-order valence-electron chi connectivity index (χ3n) is 5.67. The summed E-state index contributed by atoms with van der Waals surface area (Å²) < 4.78 is 16.1. The lowest BCUT2D eigenvalue weighted by Gasteiger charge is -2.20. The molecule has 2 N–H and O–H groups in total. The SMILES string of the molecule is COc1cc(C(=O)NC[C@H](c2ccccc2Cl)c2c[nH]c3ccccc23)cc(OC)c1OC. The highest BCUT2D eigenvalue weighted by atomic mass is 35.5. The second-order valence-electron chi connectivity index (χ2n) is 7.49. The zero-order valence-electron chi connectivity index (χ0n) is 18.6. The molecule has 170 valence electrons. The highest BCUT2D eigenvalue weighted by Crippen LogP contribution is 2.38. The van der Waals surface area contributed by atoms with Gasteiger partial charge in [-0.3, -0.25) is 4.79 Å². The van der Waals surface area contributed by atoms with Crippen LogP contribution in [0, 0.1) is 0 Å². The van der Waals surface area contributed by atoms with Gasteiger partial charge in [0.05, 0.1) is 21.3 Å². The number of rotatable bonds is 8. The molecular formula is C26H25ClN2O4. The van der Waals surface area contributed by atoms with Crippen LogP contribution in [0.4, 0.5) is 0 Å². The summed E-state index contributed by atoms with van der Waals surface area (Å²) >= 11 is 6.56. The number of aromatic nitrogens is 1. The van der Waals surface area contributed by atoms with E-state index in [1.54, 1.807) is 12.1 Å². The van der Waals surface area contributed by atoms with E-state index >= 15 is 0 Å². The Hall–Kier alpha value is -3.64. The van der Waals surface area contributed by atoms with Gasteiger partial charge in [0.15, 0.2) is 11.5 Å². The quantitative estimate of drug-likeness (QED) is 0.365. The van der Waals surface area contributed by atoms with E-state index in [0.29, 0.717) is 34.4 Å². The normalized spacial score (nSPS) is 11.8. The minimum Gasteiger partial charge on any atom is -0.493 e. The molecule has 1 aromatic heterocycles. The number of methoxy groups -OCH3 is 3. The van der Waals surface area contributed by atoms with Gasteiger partial charge in [0, 0.05) is 40.1 Å². The molecule has 7 heteroatoms. The van der Waals surface area contributed by atoms with Crippen LogP contribution in [0.2, 0.25) is 5.02 Å². The molecule has 0 fully saturated rings. The van der Waals surface area contributed by atoms with Crippen LogP contribution in [0.5, 0.6) is 17.2 Å². The molecule has 0 radical (unpaired) electrons.